The zero-order valence-corrected chi connectivity index (χ0v) is 21.6. The van der Waals surface area contributed by atoms with Crippen molar-refractivity contribution >= 4 is 48.8 Å². The number of ether oxygens (including phenoxy) is 2. The number of sulfonamides is 1. The second-order valence-corrected chi connectivity index (χ2v) is 11.6. The van der Waals surface area contributed by atoms with Gasteiger partial charge < -0.3 is 19.3 Å². The number of carbonyl (C=O) groups is 2. The quantitative estimate of drug-likeness (QED) is 0.433. The van der Waals surface area contributed by atoms with Crippen LogP contribution >= 0.6 is 11.3 Å². The third kappa shape index (κ3) is 5.24. The number of piperazine rings is 1. The van der Waals surface area contributed by atoms with Gasteiger partial charge in [-0.2, -0.15) is 4.31 Å². The van der Waals surface area contributed by atoms with E-state index in [4.69, 9.17) is 9.47 Å². The van der Waals surface area contributed by atoms with Crippen LogP contribution in [0.1, 0.15) is 17.3 Å². The summed E-state index contributed by atoms with van der Waals surface area (Å²) >= 11 is 1.38. The van der Waals surface area contributed by atoms with Gasteiger partial charge in [-0.1, -0.05) is 11.3 Å². The van der Waals surface area contributed by atoms with Crippen molar-refractivity contribution in [1.29, 1.82) is 0 Å². The molecule has 0 N–H and O–H groups in total. The van der Waals surface area contributed by atoms with Gasteiger partial charge in [0.15, 0.2) is 5.13 Å². The summed E-state index contributed by atoms with van der Waals surface area (Å²) in [6, 6.07) is 10.1. The van der Waals surface area contributed by atoms with Crippen molar-refractivity contribution in [3.05, 3.63) is 53.8 Å². The molecule has 0 bridgehead atoms. The van der Waals surface area contributed by atoms with Gasteiger partial charge in [-0.05, 0) is 49.4 Å². The number of nitrogens with zero attached hydrogens (tertiary/aromatic N) is 4. The number of hydrogen-bond donors (Lipinski definition) is 0. The van der Waals surface area contributed by atoms with Crippen LogP contribution in [0.4, 0.5) is 14.3 Å². The van der Waals surface area contributed by atoms with Gasteiger partial charge in [0.25, 0.3) is 0 Å². The van der Waals surface area contributed by atoms with Crippen molar-refractivity contribution in [3.63, 3.8) is 0 Å². The average Bonchev–Trinajstić information content (AvgIpc) is 3.28. The lowest BCUT2D eigenvalue weighted by Gasteiger charge is -2.38. The van der Waals surface area contributed by atoms with Crippen LogP contribution in [-0.2, 0) is 19.5 Å². The van der Waals surface area contributed by atoms with Gasteiger partial charge in [0.05, 0.1) is 40.4 Å². The second-order valence-electron chi connectivity index (χ2n) is 8.66. The number of rotatable bonds is 6. The van der Waals surface area contributed by atoms with E-state index in [1.54, 1.807) is 13.0 Å². The number of esters is 1. The maximum absolute atomic E-state index is 13.4. The maximum Gasteiger partial charge on any atom is 0.409 e. The van der Waals surface area contributed by atoms with Gasteiger partial charge in [0, 0.05) is 26.2 Å². The molecule has 0 spiro atoms. The molecule has 1 aromatic heterocycles. The highest BCUT2D eigenvalue weighted by Gasteiger charge is 2.33. The molecule has 3 heterocycles. The molecule has 0 unspecified atom stereocenters. The SMILES string of the molecule is CCOC(=O)N1CCN(S(=O)(=O)c2ccc(C(=O)OC3CN(c4nc5ccc(F)cc5s4)C3)cc2)CC1. The van der Waals surface area contributed by atoms with Gasteiger partial charge in [0.2, 0.25) is 10.0 Å². The number of carbonyl (C=O) groups excluding carboxylic acids is 2. The molecule has 2 aliphatic heterocycles. The van der Waals surface area contributed by atoms with Gasteiger partial charge in [0.1, 0.15) is 11.9 Å². The third-order valence-electron chi connectivity index (χ3n) is 6.22. The van der Waals surface area contributed by atoms with E-state index < -0.39 is 22.1 Å². The number of amides is 1. The molecular formula is C24H25FN4O6S2. The number of thiazole rings is 1. The Balaban J connectivity index is 1.14. The second kappa shape index (κ2) is 10.2. The molecule has 2 fully saturated rings. The zero-order valence-electron chi connectivity index (χ0n) is 20.0. The Hall–Kier alpha value is -3.29. The molecule has 1 amide bonds. The minimum absolute atomic E-state index is 0.0655. The molecule has 0 atom stereocenters. The summed E-state index contributed by atoms with van der Waals surface area (Å²) in [6.07, 6.45) is -0.775. The van der Waals surface area contributed by atoms with E-state index in [1.165, 1.54) is 56.9 Å². The van der Waals surface area contributed by atoms with Crippen LogP contribution < -0.4 is 4.90 Å². The molecule has 0 radical (unpaired) electrons. The van der Waals surface area contributed by atoms with E-state index >= 15 is 0 Å². The largest absolute Gasteiger partial charge is 0.455 e. The lowest BCUT2D eigenvalue weighted by Crippen LogP contribution is -2.53. The Morgan fingerprint density at radius 1 is 1.08 bits per heavy atom. The first-order valence-electron chi connectivity index (χ1n) is 11.8. The summed E-state index contributed by atoms with van der Waals surface area (Å²) in [5.41, 5.74) is 0.970. The van der Waals surface area contributed by atoms with Crippen molar-refractivity contribution in [2.75, 3.05) is 50.8 Å². The highest BCUT2D eigenvalue weighted by atomic mass is 32.2. The topological polar surface area (TPSA) is 109 Å². The van der Waals surface area contributed by atoms with Crippen LogP contribution in [0.5, 0.6) is 0 Å². The van der Waals surface area contributed by atoms with Gasteiger partial charge in [-0.3, -0.25) is 0 Å². The molecule has 5 rings (SSSR count). The highest BCUT2D eigenvalue weighted by Crippen LogP contribution is 2.32. The summed E-state index contributed by atoms with van der Waals surface area (Å²) < 4.78 is 52.0. The normalized spacial score (nSPS) is 17.0. The van der Waals surface area contributed by atoms with Gasteiger partial charge in [-0.15, -0.1) is 0 Å². The summed E-state index contributed by atoms with van der Waals surface area (Å²) in [4.78, 5) is 32.4. The lowest BCUT2D eigenvalue weighted by atomic mass is 10.2. The van der Waals surface area contributed by atoms with Gasteiger partial charge >= 0.3 is 12.1 Å². The van der Waals surface area contributed by atoms with E-state index in [-0.39, 0.29) is 55.2 Å². The standard InChI is InChI=1S/C24H25FN4O6S2/c1-2-34-24(31)27-9-11-29(12-10-27)37(32,33)19-6-3-16(4-7-19)22(30)35-18-14-28(15-18)23-26-20-8-5-17(25)13-21(20)36-23/h3-8,13,18H,2,9-12,14-15H2,1H3. The lowest BCUT2D eigenvalue weighted by molar-refractivity contribution is 0.0234. The monoisotopic (exact) mass is 548 g/mol. The molecule has 2 saturated heterocycles. The molecule has 0 aliphatic carbocycles. The van der Waals surface area contributed by atoms with E-state index in [0.29, 0.717) is 13.1 Å². The number of halogens is 1. The molecule has 37 heavy (non-hydrogen) atoms. The fraction of sp³-hybridized carbons (Fsp3) is 0.375. The van der Waals surface area contributed by atoms with Crippen molar-refractivity contribution in [1.82, 2.24) is 14.2 Å². The number of fused-ring (bicyclic) bond motifs is 1. The number of aromatic nitrogens is 1. The predicted octanol–water partition coefficient (Wildman–Crippen LogP) is 2.94. The van der Waals surface area contributed by atoms with E-state index in [1.807, 2.05) is 4.90 Å². The smallest absolute Gasteiger partial charge is 0.409 e. The summed E-state index contributed by atoms with van der Waals surface area (Å²) in [6.45, 7) is 3.73. The Labute approximate surface area is 217 Å². The van der Waals surface area contributed by atoms with Crippen molar-refractivity contribution in [3.8, 4) is 0 Å². The average molecular weight is 549 g/mol. The number of hydrogen-bond acceptors (Lipinski definition) is 9. The molecule has 13 heteroatoms. The molecule has 10 nitrogen and oxygen atoms in total. The van der Waals surface area contributed by atoms with Crippen LogP contribution in [0, 0.1) is 5.82 Å². The summed E-state index contributed by atoms with van der Waals surface area (Å²) in [7, 11) is -3.77. The predicted molar refractivity (Wildman–Crippen MR) is 135 cm³/mol. The first-order valence-corrected chi connectivity index (χ1v) is 14.0. The Morgan fingerprint density at radius 3 is 2.46 bits per heavy atom. The third-order valence-corrected chi connectivity index (χ3v) is 9.22. The first-order chi connectivity index (χ1) is 17.7. The van der Waals surface area contributed by atoms with Crippen LogP contribution in [0.25, 0.3) is 10.2 Å². The van der Waals surface area contributed by atoms with Crippen molar-refractivity contribution in [2.24, 2.45) is 0 Å². The van der Waals surface area contributed by atoms with E-state index in [2.05, 4.69) is 4.98 Å². The number of anilines is 1. The first kappa shape index (κ1) is 25.4. The molecule has 196 valence electrons. The van der Waals surface area contributed by atoms with E-state index in [9.17, 15) is 22.4 Å². The van der Waals surface area contributed by atoms with E-state index in [0.717, 1.165) is 15.3 Å². The minimum Gasteiger partial charge on any atom is -0.455 e. The highest BCUT2D eigenvalue weighted by molar-refractivity contribution is 7.89. The molecule has 3 aromatic rings. The van der Waals surface area contributed by atoms with Gasteiger partial charge in [-0.25, -0.2) is 27.4 Å². The maximum atomic E-state index is 13.4. The van der Waals surface area contributed by atoms with Crippen LogP contribution in [-0.4, -0.2) is 86.6 Å². The molecule has 2 aliphatic rings. The minimum atomic E-state index is -3.77. The fourth-order valence-electron chi connectivity index (χ4n) is 4.15. The van der Waals surface area contributed by atoms with Crippen LogP contribution in [0.15, 0.2) is 47.4 Å². The Morgan fingerprint density at radius 2 is 1.78 bits per heavy atom. The van der Waals surface area contributed by atoms with Crippen molar-refractivity contribution < 1.29 is 31.9 Å². The summed E-state index contributed by atoms with van der Waals surface area (Å²) in [5.74, 6) is -0.850. The number of benzene rings is 2. The van der Waals surface area contributed by atoms with Crippen molar-refractivity contribution in [2.45, 2.75) is 17.9 Å². The van der Waals surface area contributed by atoms with Crippen LogP contribution in [0.3, 0.4) is 0 Å². The molecule has 2 aromatic carbocycles. The Bertz CT molecular complexity index is 1410. The van der Waals surface area contributed by atoms with Crippen LogP contribution in [0.2, 0.25) is 0 Å². The zero-order chi connectivity index (χ0) is 26.2. The fourth-order valence-corrected chi connectivity index (χ4v) is 6.58. The molecular weight excluding hydrogens is 523 g/mol. The summed E-state index contributed by atoms with van der Waals surface area (Å²) in [5, 5.41) is 0.741. The molecule has 0 saturated carbocycles. The Kier molecular flexibility index (Phi) is 7.01.